The van der Waals surface area contributed by atoms with Crippen molar-refractivity contribution in [1.29, 1.82) is 0 Å². The van der Waals surface area contributed by atoms with Crippen LogP contribution in [0.4, 0.5) is 0 Å². The van der Waals surface area contributed by atoms with Crippen molar-refractivity contribution in [3.05, 3.63) is 34.9 Å². The SMILES string of the molecule is Cc1cc(C)cc(CC(CN)C2CCS(=O)(=O)C2)c1. The Morgan fingerprint density at radius 3 is 2.37 bits per heavy atom. The molecule has 2 rings (SSSR count). The molecule has 1 aromatic carbocycles. The first-order valence-corrected chi connectivity index (χ1v) is 8.69. The van der Waals surface area contributed by atoms with Gasteiger partial charge in [0.1, 0.15) is 0 Å². The number of nitrogens with two attached hydrogens (primary N) is 1. The molecule has 3 nitrogen and oxygen atoms in total. The first-order valence-electron chi connectivity index (χ1n) is 6.87. The van der Waals surface area contributed by atoms with Crippen molar-refractivity contribution >= 4 is 9.84 Å². The summed E-state index contributed by atoms with van der Waals surface area (Å²) >= 11 is 0. The molecule has 1 fully saturated rings. The Kier molecular flexibility index (Phi) is 4.31. The number of hydrogen-bond acceptors (Lipinski definition) is 3. The summed E-state index contributed by atoms with van der Waals surface area (Å²) in [4.78, 5) is 0. The minimum absolute atomic E-state index is 0.232. The second-order valence-electron chi connectivity index (χ2n) is 5.86. The van der Waals surface area contributed by atoms with Gasteiger partial charge in [-0.05, 0) is 50.6 Å². The van der Waals surface area contributed by atoms with Crippen LogP contribution in [-0.2, 0) is 16.3 Å². The summed E-state index contributed by atoms with van der Waals surface area (Å²) in [5, 5.41) is 0. The first kappa shape index (κ1) is 14.5. The van der Waals surface area contributed by atoms with E-state index >= 15 is 0 Å². The monoisotopic (exact) mass is 281 g/mol. The molecule has 1 aliphatic heterocycles. The summed E-state index contributed by atoms with van der Waals surface area (Å²) in [6, 6.07) is 6.51. The summed E-state index contributed by atoms with van der Waals surface area (Å²) in [6.07, 6.45) is 1.66. The van der Waals surface area contributed by atoms with Crippen LogP contribution in [0.15, 0.2) is 18.2 Å². The minimum Gasteiger partial charge on any atom is -0.330 e. The highest BCUT2D eigenvalue weighted by atomic mass is 32.2. The molecule has 2 N–H and O–H groups in total. The standard InChI is InChI=1S/C15H23NO2S/c1-11-5-12(2)7-13(6-11)8-15(9-16)14-3-4-19(17,18)10-14/h5-7,14-15H,3-4,8-10,16H2,1-2H3. The molecule has 0 aromatic heterocycles. The molecule has 0 spiro atoms. The average Bonchev–Trinajstić information content (AvgIpc) is 2.65. The molecule has 1 saturated heterocycles. The van der Waals surface area contributed by atoms with E-state index in [2.05, 4.69) is 32.0 Å². The smallest absolute Gasteiger partial charge is 0.150 e. The summed E-state index contributed by atoms with van der Waals surface area (Å²) in [5.41, 5.74) is 9.65. The maximum absolute atomic E-state index is 11.6. The summed E-state index contributed by atoms with van der Waals surface area (Å²) in [5.74, 6) is 1.16. The van der Waals surface area contributed by atoms with Crippen molar-refractivity contribution in [2.24, 2.45) is 17.6 Å². The fourth-order valence-corrected chi connectivity index (χ4v) is 5.05. The molecule has 0 radical (unpaired) electrons. The van der Waals surface area contributed by atoms with E-state index in [0.29, 0.717) is 18.1 Å². The van der Waals surface area contributed by atoms with E-state index in [-0.39, 0.29) is 11.8 Å². The van der Waals surface area contributed by atoms with Crippen molar-refractivity contribution in [1.82, 2.24) is 0 Å². The Morgan fingerprint density at radius 2 is 1.89 bits per heavy atom. The Bertz CT molecular complexity index is 531. The molecule has 4 heteroatoms. The van der Waals surface area contributed by atoms with Gasteiger partial charge >= 0.3 is 0 Å². The molecular weight excluding hydrogens is 258 g/mol. The zero-order chi connectivity index (χ0) is 14.0. The van der Waals surface area contributed by atoms with Gasteiger partial charge in [0.25, 0.3) is 0 Å². The van der Waals surface area contributed by atoms with Gasteiger partial charge < -0.3 is 5.73 Å². The summed E-state index contributed by atoms with van der Waals surface area (Å²) < 4.78 is 23.2. The highest BCUT2D eigenvalue weighted by molar-refractivity contribution is 7.91. The van der Waals surface area contributed by atoms with Crippen molar-refractivity contribution in [3.63, 3.8) is 0 Å². The highest BCUT2D eigenvalue weighted by Gasteiger charge is 2.32. The lowest BCUT2D eigenvalue weighted by Crippen LogP contribution is -2.26. The van der Waals surface area contributed by atoms with Crippen molar-refractivity contribution < 1.29 is 8.42 Å². The molecule has 0 bridgehead atoms. The second kappa shape index (κ2) is 5.63. The third-order valence-corrected chi connectivity index (χ3v) is 5.81. The fourth-order valence-electron chi connectivity index (χ4n) is 3.13. The van der Waals surface area contributed by atoms with Crippen LogP contribution >= 0.6 is 0 Å². The van der Waals surface area contributed by atoms with E-state index < -0.39 is 9.84 Å². The average molecular weight is 281 g/mol. The number of benzene rings is 1. The number of aryl methyl sites for hydroxylation is 2. The number of rotatable bonds is 4. The van der Waals surface area contributed by atoms with Gasteiger partial charge in [0.15, 0.2) is 9.84 Å². The molecule has 106 valence electrons. The van der Waals surface area contributed by atoms with E-state index in [1.54, 1.807) is 0 Å². The lowest BCUT2D eigenvalue weighted by Gasteiger charge is -2.21. The zero-order valence-corrected chi connectivity index (χ0v) is 12.5. The van der Waals surface area contributed by atoms with Gasteiger partial charge in [-0.15, -0.1) is 0 Å². The normalized spacial score (nSPS) is 23.4. The minimum atomic E-state index is -2.81. The summed E-state index contributed by atoms with van der Waals surface area (Å²) in [7, 11) is -2.81. The third-order valence-electron chi connectivity index (χ3n) is 4.02. The van der Waals surface area contributed by atoms with Gasteiger partial charge in [-0.3, -0.25) is 0 Å². The highest BCUT2D eigenvalue weighted by Crippen LogP contribution is 2.28. The first-order chi connectivity index (χ1) is 8.89. The molecule has 1 aliphatic rings. The topological polar surface area (TPSA) is 60.2 Å². The lowest BCUT2D eigenvalue weighted by molar-refractivity contribution is 0.370. The number of sulfone groups is 1. The number of hydrogen-bond donors (Lipinski definition) is 1. The van der Waals surface area contributed by atoms with Crippen LogP contribution in [0.3, 0.4) is 0 Å². The van der Waals surface area contributed by atoms with Crippen LogP contribution < -0.4 is 5.73 Å². The van der Waals surface area contributed by atoms with Crippen molar-refractivity contribution in [2.45, 2.75) is 26.7 Å². The zero-order valence-electron chi connectivity index (χ0n) is 11.7. The van der Waals surface area contributed by atoms with Crippen molar-refractivity contribution in [3.8, 4) is 0 Å². The maximum atomic E-state index is 11.6. The van der Waals surface area contributed by atoms with Crippen LogP contribution in [0.1, 0.15) is 23.1 Å². The molecule has 2 unspecified atom stereocenters. The Labute approximate surface area is 116 Å². The maximum Gasteiger partial charge on any atom is 0.150 e. The van der Waals surface area contributed by atoms with E-state index in [1.807, 2.05) is 0 Å². The summed E-state index contributed by atoms with van der Waals surface area (Å²) in [6.45, 7) is 4.75. The lowest BCUT2D eigenvalue weighted by atomic mass is 9.86. The van der Waals surface area contributed by atoms with Gasteiger partial charge in [0.2, 0.25) is 0 Å². The third kappa shape index (κ3) is 3.80. The van der Waals surface area contributed by atoms with Crippen LogP contribution in [0.5, 0.6) is 0 Å². The molecule has 0 saturated carbocycles. The quantitative estimate of drug-likeness (QED) is 0.916. The Balaban J connectivity index is 2.11. The van der Waals surface area contributed by atoms with Crippen LogP contribution in [0, 0.1) is 25.7 Å². The molecular formula is C15H23NO2S. The van der Waals surface area contributed by atoms with Crippen LogP contribution in [-0.4, -0.2) is 26.5 Å². The van der Waals surface area contributed by atoms with E-state index in [9.17, 15) is 8.42 Å². The largest absolute Gasteiger partial charge is 0.330 e. The predicted octanol–water partition coefficient (Wildman–Crippen LogP) is 1.86. The van der Waals surface area contributed by atoms with E-state index in [1.165, 1.54) is 16.7 Å². The molecule has 0 amide bonds. The van der Waals surface area contributed by atoms with Gasteiger partial charge in [-0.2, -0.15) is 0 Å². The molecule has 1 aromatic rings. The predicted molar refractivity (Wildman–Crippen MR) is 78.9 cm³/mol. The van der Waals surface area contributed by atoms with E-state index in [0.717, 1.165) is 12.8 Å². The Hall–Kier alpha value is -0.870. The van der Waals surface area contributed by atoms with Crippen LogP contribution in [0.2, 0.25) is 0 Å². The van der Waals surface area contributed by atoms with Gasteiger partial charge in [-0.1, -0.05) is 29.3 Å². The van der Waals surface area contributed by atoms with E-state index in [4.69, 9.17) is 5.73 Å². The molecule has 19 heavy (non-hydrogen) atoms. The van der Waals surface area contributed by atoms with Crippen LogP contribution in [0.25, 0.3) is 0 Å². The molecule has 0 aliphatic carbocycles. The molecule has 1 heterocycles. The van der Waals surface area contributed by atoms with Gasteiger partial charge in [0, 0.05) is 0 Å². The fraction of sp³-hybridized carbons (Fsp3) is 0.600. The molecule has 2 atom stereocenters. The van der Waals surface area contributed by atoms with Gasteiger partial charge in [0.05, 0.1) is 11.5 Å². The Morgan fingerprint density at radius 1 is 1.26 bits per heavy atom. The van der Waals surface area contributed by atoms with Crippen molar-refractivity contribution in [2.75, 3.05) is 18.1 Å². The second-order valence-corrected chi connectivity index (χ2v) is 8.09. The van der Waals surface area contributed by atoms with Gasteiger partial charge in [-0.25, -0.2) is 8.42 Å².